The number of anilines is 2. The van der Waals surface area contributed by atoms with E-state index in [9.17, 15) is 13.2 Å². The molecule has 0 fully saturated rings. The Morgan fingerprint density at radius 1 is 1.11 bits per heavy atom. The first-order chi connectivity index (χ1) is 13.3. The van der Waals surface area contributed by atoms with Gasteiger partial charge >= 0.3 is 0 Å². The van der Waals surface area contributed by atoms with Crippen molar-refractivity contribution >= 4 is 38.1 Å². The zero-order valence-corrected chi connectivity index (χ0v) is 17.1. The van der Waals surface area contributed by atoms with E-state index in [1.807, 2.05) is 13.0 Å². The van der Waals surface area contributed by atoms with Gasteiger partial charge in [0.2, 0.25) is 0 Å². The summed E-state index contributed by atoms with van der Waals surface area (Å²) in [6, 6.07) is 13.4. The Bertz CT molecular complexity index is 1110. The van der Waals surface area contributed by atoms with Crippen LogP contribution < -0.4 is 14.8 Å². The van der Waals surface area contributed by atoms with Gasteiger partial charge < -0.3 is 10.1 Å². The molecule has 2 aromatic carbocycles. The zero-order valence-electron chi connectivity index (χ0n) is 15.5. The fourth-order valence-corrected chi connectivity index (χ4v) is 4.64. The number of nitrogens with zero attached hydrogens (tertiary/aromatic N) is 1. The lowest BCUT2D eigenvalue weighted by atomic mass is 10.2. The first-order valence-corrected chi connectivity index (χ1v) is 10.6. The Kier molecular flexibility index (Phi) is 5.66. The van der Waals surface area contributed by atoms with Crippen molar-refractivity contribution < 1.29 is 17.9 Å². The van der Waals surface area contributed by atoms with Gasteiger partial charge in [0.15, 0.2) is 5.13 Å². The second kappa shape index (κ2) is 7.99. The van der Waals surface area contributed by atoms with Gasteiger partial charge in [0.05, 0.1) is 23.4 Å². The molecule has 0 saturated carbocycles. The minimum absolute atomic E-state index is 0.123. The van der Waals surface area contributed by atoms with Crippen LogP contribution in [-0.4, -0.2) is 26.4 Å². The standard InChI is InChI=1S/C19H19N3O4S2/c1-12-9-10-16(26-3)15(11-12)21-18(23)17-13(2)20-19(27-17)22-28(24,25)14-7-5-4-6-8-14/h4-11H,1-3H3,(H,20,22)(H,21,23). The highest BCUT2D eigenvalue weighted by Gasteiger charge is 2.21. The first kappa shape index (κ1) is 19.8. The number of amides is 1. The van der Waals surface area contributed by atoms with Crippen LogP contribution in [0, 0.1) is 13.8 Å². The fraction of sp³-hybridized carbons (Fsp3) is 0.158. The van der Waals surface area contributed by atoms with E-state index in [0.717, 1.165) is 16.9 Å². The molecule has 0 unspecified atom stereocenters. The number of aromatic nitrogens is 1. The molecule has 0 atom stereocenters. The van der Waals surface area contributed by atoms with Crippen molar-refractivity contribution in [2.24, 2.45) is 0 Å². The van der Waals surface area contributed by atoms with Gasteiger partial charge in [-0.2, -0.15) is 0 Å². The number of methoxy groups -OCH3 is 1. The third-order valence-corrected chi connectivity index (χ3v) is 6.44. The van der Waals surface area contributed by atoms with Crippen LogP contribution in [-0.2, 0) is 10.0 Å². The van der Waals surface area contributed by atoms with Crippen LogP contribution in [0.2, 0.25) is 0 Å². The van der Waals surface area contributed by atoms with Crippen molar-refractivity contribution in [3.8, 4) is 5.75 Å². The monoisotopic (exact) mass is 417 g/mol. The van der Waals surface area contributed by atoms with Crippen molar-refractivity contribution in [2.75, 3.05) is 17.1 Å². The Labute approximate surface area is 167 Å². The summed E-state index contributed by atoms with van der Waals surface area (Å²) in [6.45, 7) is 3.56. The summed E-state index contributed by atoms with van der Waals surface area (Å²) >= 11 is 0.972. The van der Waals surface area contributed by atoms with Gasteiger partial charge in [-0.25, -0.2) is 13.4 Å². The first-order valence-electron chi connectivity index (χ1n) is 8.31. The quantitative estimate of drug-likeness (QED) is 0.635. The zero-order chi connectivity index (χ0) is 20.3. The molecule has 3 aromatic rings. The maximum Gasteiger partial charge on any atom is 0.267 e. The number of carbonyl (C=O) groups is 1. The van der Waals surface area contributed by atoms with E-state index in [0.29, 0.717) is 22.0 Å². The van der Waals surface area contributed by atoms with E-state index in [4.69, 9.17) is 4.74 Å². The van der Waals surface area contributed by atoms with Crippen LogP contribution in [0.4, 0.5) is 10.8 Å². The van der Waals surface area contributed by atoms with Crippen molar-refractivity contribution in [1.82, 2.24) is 4.98 Å². The Morgan fingerprint density at radius 3 is 2.50 bits per heavy atom. The average molecular weight is 418 g/mol. The number of hydrogen-bond donors (Lipinski definition) is 2. The molecule has 9 heteroatoms. The number of ether oxygens (including phenoxy) is 1. The lowest BCUT2D eigenvalue weighted by molar-refractivity contribution is 0.102. The van der Waals surface area contributed by atoms with Crippen LogP contribution >= 0.6 is 11.3 Å². The number of benzene rings is 2. The molecular weight excluding hydrogens is 398 g/mol. The summed E-state index contributed by atoms with van der Waals surface area (Å²) < 4.78 is 32.6. The SMILES string of the molecule is COc1ccc(C)cc1NC(=O)c1sc(NS(=O)(=O)c2ccccc2)nc1C. The summed E-state index contributed by atoms with van der Waals surface area (Å²) in [7, 11) is -2.25. The number of sulfonamides is 1. The molecule has 2 N–H and O–H groups in total. The second-order valence-corrected chi connectivity index (χ2v) is 8.69. The molecule has 7 nitrogen and oxygen atoms in total. The normalized spacial score (nSPS) is 11.1. The van der Waals surface area contributed by atoms with E-state index in [1.165, 1.54) is 19.2 Å². The lowest BCUT2D eigenvalue weighted by Gasteiger charge is -2.10. The van der Waals surface area contributed by atoms with Crippen LogP contribution in [0.15, 0.2) is 53.4 Å². The maximum atomic E-state index is 12.7. The molecule has 146 valence electrons. The molecule has 28 heavy (non-hydrogen) atoms. The predicted molar refractivity (Wildman–Crippen MR) is 110 cm³/mol. The molecule has 1 amide bonds. The van der Waals surface area contributed by atoms with E-state index in [1.54, 1.807) is 37.3 Å². The highest BCUT2D eigenvalue weighted by molar-refractivity contribution is 7.93. The van der Waals surface area contributed by atoms with Gasteiger partial charge in [0.25, 0.3) is 15.9 Å². The van der Waals surface area contributed by atoms with Crippen LogP contribution in [0.1, 0.15) is 20.9 Å². The van der Waals surface area contributed by atoms with E-state index < -0.39 is 10.0 Å². The molecule has 0 aliphatic carbocycles. The van der Waals surface area contributed by atoms with E-state index >= 15 is 0 Å². The van der Waals surface area contributed by atoms with Crippen molar-refractivity contribution in [1.29, 1.82) is 0 Å². The summed E-state index contributed by atoms with van der Waals surface area (Å²) in [5, 5.41) is 2.92. The van der Waals surface area contributed by atoms with E-state index in [-0.39, 0.29) is 15.9 Å². The molecule has 0 radical (unpaired) electrons. The van der Waals surface area contributed by atoms with E-state index in [2.05, 4.69) is 15.0 Å². The lowest BCUT2D eigenvalue weighted by Crippen LogP contribution is -2.12. The average Bonchev–Trinajstić information content (AvgIpc) is 3.02. The molecule has 0 aliphatic rings. The Hall–Kier alpha value is -2.91. The smallest absolute Gasteiger partial charge is 0.267 e. The van der Waals surface area contributed by atoms with Gasteiger partial charge in [-0.05, 0) is 43.7 Å². The third-order valence-electron chi connectivity index (χ3n) is 3.88. The number of rotatable bonds is 6. The highest BCUT2D eigenvalue weighted by Crippen LogP contribution is 2.29. The number of carbonyl (C=O) groups excluding carboxylic acids is 1. The number of hydrogen-bond acceptors (Lipinski definition) is 6. The third kappa shape index (κ3) is 4.32. The van der Waals surface area contributed by atoms with Gasteiger partial charge in [-0.15, -0.1) is 0 Å². The van der Waals surface area contributed by atoms with Crippen molar-refractivity contribution in [3.63, 3.8) is 0 Å². The molecule has 1 aromatic heterocycles. The highest BCUT2D eigenvalue weighted by atomic mass is 32.2. The molecule has 0 bridgehead atoms. The predicted octanol–water partition coefficient (Wildman–Crippen LogP) is 3.82. The second-order valence-electron chi connectivity index (χ2n) is 6.01. The molecule has 3 rings (SSSR count). The largest absolute Gasteiger partial charge is 0.495 e. The van der Waals surface area contributed by atoms with Gasteiger partial charge in [0.1, 0.15) is 10.6 Å². The summed E-state index contributed by atoms with van der Waals surface area (Å²) in [6.07, 6.45) is 0. The van der Waals surface area contributed by atoms with Crippen LogP contribution in [0.3, 0.4) is 0 Å². The molecular formula is C19H19N3O4S2. The number of aryl methyl sites for hydroxylation is 2. The number of nitrogens with one attached hydrogen (secondary N) is 2. The van der Waals surface area contributed by atoms with Crippen LogP contribution in [0.5, 0.6) is 5.75 Å². The Balaban J connectivity index is 1.83. The molecule has 0 saturated heterocycles. The summed E-state index contributed by atoms with van der Waals surface area (Å²) in [4.78, 5) is 17.3. The number of thiazole rings is 1. The minimum atomic E-state index is -3.77. The topological polar surface area (TPSA) is 97.4 Å². The van der Waals surface area contributed by atoms with Gasteiger partial charge in [0, 0.05) is 0 Å². The summed E-state index contributed by atoms with van der Waals surface area (Å²) in [5.74, 6) is 0.148. The Morgan fingerprint density at radius 2 is 1.82 bits per heavy atom. The van der Waals surface area contributed by atoms with Crippen molar-refractivity contribution in [2.45, 2.75) is 18.7 Å². The van der Waals surface area contributed by atoms with Gasteiger partial charge in [-0.3, -0.25) is 9.52 Å². The van der Waals surface area contributed by atoms with Crippen LogP contribution in [0.25, 0.3) is 0 Å². The molecule has 0 spiro atoms. The minimum Gasteiger partial charge on any atom is -0.495 e. The fourth-order valence-electron chi connectivity index (χ4n) is 2.52. The molecule has 1 heterocycles. The summed E-state index contributed by atoms with van der Waals surface area (Å²) in [5.41, 5.74) is 1.93. The maximum absolute atomic E-state index is 12.7. The molecule has 0 aliphatic heterocycles. The van der Waals surface area contributed by atoms with Crippen molar-refractivity contribution in [3.05, 3.63) is 64.7 Å². The van der Waals surface area contributed by atoms with Gasteiger partial charge in [-0.1, -0.05) is 35.6 Å².